The van der Waals surface area contributed by atoms with Gasteiger partial charge >= 0.3 is 0 Å². The fourth-order valence-corrected chi connectivity index (χ4v) is 1.42. The first-order valence-corrected chi connectivity index (χ1v) is 4.71. The highest BCUT2D eigenvalue weighted by molar-refractivity contribution is 5.43. The summed E-state index contributed by atoms with van der Waals surface area (Å²) in [4.78, 5) is 0. The quantitative estimate of drug-likeness (QED) is 0.570. The van der Waals surface area contributed by atoms with Gasteiger partial charge in [0.15, 0.2) is 0 Å². The van der Waals surface area contributed by atoms with Gasteiger partial charge in [0.1, 0.15) is 5.75 Å². The topological polar surface area (TPSA) is 47.3 Å². The van der Waals surface area contributed by atoms with Crippen LogP contribution < -0.4 is 16.0 Å². The first kappa shape index (κ1) is 11.0. The lowest BCUT2D eigenvalue weighted by atomic mass is 10.0. The summed E-state index contributed by atoms with van der Waals surface area (Å²) in [5, 5.41) is 0. The van der Waals surface area contributed by atoms with Crippen molar-refractivity contribution in [2.45, 2.75) is 26.8 Å². The van der Waals surface area contributed by atoms with Crippen LogP contribution in [0.25, 0.3) is 0 Å². The molecule has 0 aliphatic rings. The van der Waals surface area contributed by atoms with Gasteiger partial charge in [0.2, 0.25) is 0 Å². The smallest absolute Gasteiger partial charge is 0.123 e. The lowest BCUT2D eigenvalue weighted by Gasteiger charge is -2.16. The second-order valence-corrected chi connectivity index (χ2v) is 3.57. The zero-order valence-electron chi connectivity index (χ0n) is 9.22. The molecule has 0 radical (unpaired) electrons. The number of hydrogen-bond acceptors (Lipinski definition) is 3. The van der Waals surface area contributed by atoms with E-state index in [-0.39, 0.29) is 6.04 Å². The summed E-state index contributed by atoms with van der Waals surface area (Å²) in [6.07, 6.45) is 0. The van der Waals surface area contributed by atoms with E-state index < -0.39 is 0 Å². The number of methoxy groups -OCH3 is 1. The molecule has 0 amide bonds. The van der Waals surface area contributed by atoms with Crippen molar-refractivity contribution < 1.29 is 4.74 Å². The molecule has 1 aromatic rings. The second kappa shape index (κ2) is 4.44. The van der Waals surface area contributed by atoms with Crippen LogP contribution >= 0.6 is 0 Å². The predicted octanol–water partition coefficient (Wildman–Crippen LogP) is 1.84. The van der Waals surface area contributed by atoms with Gasteiger partial charge in [-0.15, -0.1) is 0 Å². The number of hydrogen-bond donors (Lipinski definition) is 2. The molecule has 0 aromatic heterocycles. The number of nitrogens with two attached hydrogens (primary N) is 1. The zero-order valence-corrected chi connectivity index (χ0v) is 9.22. The Kier molecular flexibility index (Phi) is 3.49. The zero-order chi connectivity index (χ0) is 10.7. The van der Waals surface area contributed by atoms with Gasteiger partial charge in [0, 0.05) is 11.6 Å². The van der Waals surface area contributed by atoms with Gasteiger partial charge in [0.25, 0.3) is 0 Å². The minimum Gasteiger partial charge on any atom is -0.496 e. The van der Waals surface area contributed by atoms with Gasteiger partial charge < -0.3 is 4.74 Å². The Bertz CT molecular complexity index is 323. The highest BCUT2D eigenvalue weighted by Crippen LogP contribution is 2.27. The van der Waals surface area contributed by atoms with Gasteiger partial charge in [-0.2, -0.15) is 0 Å². The molecule has 1 atom stereocenters. The van der Waals surface area contributed by atoms with Crippen molar-refractivity contribution in [3.05, 3.63) is 28.8 Å². The van der Waals surface area contributed by atoms with Crippen LogP contribution in [0.1, 0.15) is 29.7 Å². The lowest BCUT2D eigenvalue weighted by molar-refractivity contribution is 0.402. The molecule has 0 aliphatic carbocycles. The molecule has 0 bridgehead atoms. The average Bonchev–Trinajstić information content (AvgIpc) is 2.20. The van der Waals surface area contributed by atoms with Gasteiger partial charge in [-0.3, -0.25) is 11.3 Å². The fraction of sp³-hybridized carbons (Fsp3) is 0.455. The predicted molar refractivity (Wildman–Crippen MR) is 58.2 cm³/mol. The number of nitrogens with one attached hydrogen (secondary N) is 1. The molecule has 0 spiro atoms. The van der Waals surface area contributed by atoms with Crippen molar-refractivity contribution in [2.24, 2.45) is 5.84 Å². The minimum atomic E-state index is 0.101. The van der Waals surface area contributed by atoms with Crippen molar-refractivity contribution >= 4 is 0 Å². The Hall–Kier alpha value is -1.06. The van der Waals surface area contributed by atoms with E-state index in [0.717, 1.165) is 11.3 Å². The van der Waals surface area contributed by atoms with E-state index in [0.29, 0.717) is 0 Å². The standard InChI is InChI=1S/C11H18N2O/c1-7-5-10(9(3)13-12)11(14-4)6-8(7)2/h5-6,9,13H,12H2,1-4H3. The molecular formula is C11H18N2O. The molecule has 0 fully saturated rings. The van der Waals surface area contributed by atoms with Crippen LogP contribution in [-0.4, -0.2) is 7.11 Å². The van der Waals surface area contributed by atoms with Crippen molar-refractivity contribution in [1.82, 2.24) is 5.43 Å². The summed E-state index contributed by atoms with van der Waals surface area (Å²) in [5.74, 6) is 6.30. The average molecular weight is 194 g/mol. The van der Waals surface area contributed by atoms with Crippen LogP contribution in [0.5, 0.6) is 5.75 Å². The van der Waals surface area contributed by atoms with E-state index in [1.165, 1.54) is 11.1 Å². The number of rotatable bonds is 3. The summed E-state index contributed by atoms with van der Waals surface area (Å²) in [5.41, 5.74) is 6.30. The summed E-state index contributed by atoms with van der Waals surface area (Å²) >= 11 is 0. The molecule has 0 heterocycles. The van der Waals surface area contributed by atoms with Crippen molar-refractivity contribution in [3.8, 4) is 5.75 Å². The van der Waals surface area contributed by atoms with Crippen LogP contribution in [0.15, 0.2) is 12.1 Å². The molecule has 1 aromatic carbocycles. The SMILES string of the molecule is COc1cc(C)c(C)cc1C(C)NN. The molecule has 0 saturated heterocycles. The third-order valence-electron chi connectivity index (χ3n) is 2.56. The van der Waals surface area contributed by atoms with E-state index in [1.54, 1.807) is 7.11 Å². The third kappa shape index (κ3) is 2.05. The van der Waals surface area contributed by atoms with Gasteiger partial charge in [-0.25, -0.2) is 0 Å². The van der Waals surface area contributed by atoms with Crippen molar-refractivity contribution in [1.29, 1.82) is 0 Å². The highest BCUT2D eigenvalue weighted by Gasteiger charge is 2.11. The monoisotopic (exact) mass is 194 g/mol. The van der Waals surface area contributed by atoms with Crippen LogP contribution in [0.2, 0.25) is 0 Å². The molecular weight excluding hydrogens is 176 g/mol. The van der Waals surface area contributed by atoms with Gasteiger partial charge in [-0.1, -0.05) is 6.07 Å². The molecule has 1 unspecified atom stereocenters. The Morgan fingerprint density at radius 1 is 1.29 bits per heavy atom. The normalized spacial score (nSPS) is 12.6. The van der Waals surface area contributed by atoms with Gasteiger partial charge in [-0.05, 0) is 38.0 Å². The van der Waals surface area contributed by atoms with E-state index in [2.05, 4.69) is 25.3 Å². The van der Waals surface area contributed by atoms with E-state index in [1.807, 2.05) is 13.0 Å². The maximum absolute atomic E-state index is 5.41. The van der Waals surface area contributed by atoms with E-state index in [4.69, 9.17) is 10.6 Å². The Morgan fingerprint density at radius 3 is 2.36 bits per heavy atom. The Labute approximate surface area is 85.2 Å². The fourth-order valence-electron chi connectivity index (χ4n) is 1.42. The molecule has 1 rings (SSSR count). The molecule has 14 heavy (non-hydrogen) atoms. The van der Waals surface area contributed by atoms with Crippen molar-refractivity contribution in [3.63, 3.8) is 0 Å². The molecule has 3 nitrogen and oxygen atoms in total. The number of ether oxygens (including phenoxy) is 1. The number of aryl methyl sites for hydroxylation is 2. The highest BCUT2D eigenvalue weighted by atomic mass is 16.5. The molecule has 0 aliphatic heterocycles. The lowest BCUT2D eigenvalue weighted by Crippen LogP contribution is -2.26. The third-order valence-corrected chi connectivity index (χ3v) is 2.56. The number of benzene rings is 1. The Morgan fingerprint density at radius 2 is 1.86 bits per heavy atom. The van der Waals surface area contributed by atoms with E-state index in [9.17, 15) is 0 Å². The maximum Gasteiger partial charge on any atom is 0.123 e. The van der Waals surface area contributed by atoms with Crippen molar-refractivity contribution in [2.75, 3.05) is 7.11 Å². The molecule has 0 saturated carbocycles. The first-order valence-electron chi connectivity index (χ1n) is 4.71. The van der Waals surface area contributed by atoms with E-state index >= 15 is 0 Å². The minimum absolute atomic E-state index is 0.101. The summed E-state index contributed by atoms with van der Waals surface area (Å²) in [6.45, 7) is 6.16. The van der Waals surface area contributed by atoms with Crippen LogP contribution in [-0.2, 0) is 0 Å². The van der Waals surface area contributed by atoms with Gasteiger partial charge in [0.05, 0.1) is 7.11 Å². The van der Waals surface area contributed by atoms with Crippen LogP contribution in [0.4, 0.5) is 0 Å². The first-order chi connectivity index (χ1) is 6.60. The molecule has 78 valence electrons. The summed E-state index contributed by atoms with van der Waals surface area (Å²) < 4.78 is 5.31. The molecule has 3 heteroatoms. The summed E-state index contributed by atoms with van der Waals surface area (Å²) in [6, 6.07) is 4.25. The maximum atomic E-state index is 5.41. The Balaban J connectivity index is 3.19. The second-order valence-electron chi connectivity index (χ2n) is 3.57. The molecule has 3 N–H and O–H groups in total. The summed E-state index contributed by atoms with van der Waals surface area (Å²) in [7, 11) is 1.68. The largest absolute Gasteiger partial charge is 0.496 e. The number of hydrazine groups is 1. The van der Waals surface area contributed by atoms with Crippen LogP contribution in [0, 0.1) is 13.8 Å². The van der Waals surface area contributed by atoms with Crippen LogP contribution in [0.3, 0.4) is 0 Å².